The SMILES string of the molecule is COc1cc(C=Cc2cc(OC)c(OC)c(OC)c2)ccc1NC(=O)/C=C/c1ccccc1O. The van der Waals surface area contributed by atoms with Crippen molar-refractivity contribution in [1.82, 2.24) is 0 Å². The molecular formula is C27H27NO6. The molecule has 3 aromatic carbocycles. The number of ether oxygens (including phenoxy) is 4. The molecule has 7 heteroatoms. The summed E-state index contributed by atoms with van der Waals surface area (Å²) < 4.78 is 21.6. The quantitative estimate of drug-likeness (QED) is 0.334. The van der Waals surface area contributed by atoms with Crippen LogP contribution >= 0.6 is 0 Å². The number of benzene rings is 3. The van der Waals surface area contributed by atoms with Crippen LogP contribution in [0.1, 0.15) is 16.7 Å². The molecule has 2 N–H and O–H groups in total. The van der Waals surface area contributed by atoms with Gasteiger partial charge in [-0.15, -0.1) is 0 Å². The molecule has 0 unspecified atom stereocenters. The lowest BCUT2D eigenvalue weighted by Gasteiger charge is -2.13. The van der Waals surface area contributed by atoms with Crippen LogP contribution in [0.25, 0.3) is 18.2 Å². The average molecular weight is 462 g/mol. The van der Waals surface area contributed by atoms with Gasteiger partial charge in [-0.3, -0.25) is 4.79 Å². The lowest BCUT2D eigenvalue weighted by atomic mass is 10.1. The third kappa shape index (κ3) is 5.89. The van der Waals surface area contributed by atoms with E-state index in [4.69, 9.17) is 18.9 Å². The van der Waals surface area contributed by atoms with E-state index in [1.54, 1.807) is 57.7 Å². The van der Waals surface area contributed by atoms with Gasteiger partial charge in [0.15, 0.2) is 11.5 Å². The van der Waals surface area contributed by atoms with Gasteiger partial charge in [0.05, 0.1) is 34.1 Å². The van der Waals surface area contributed by atoms with Crippen LogP contribution in [0.2, 0.25) is 0 Å². The molecule has 34 heavy (non-hydrogen) atoms. The fourth-order valence-corrected chi connectivity index (χ4v) is 3.27. The maximum Gasteiger partial charge on any atom is 0.248 e. The van der Waals surface area contributed by atoms with Gasteiger partial charge in [0.25, 0.3) is 0 Å². The van der Waals surface area contributed by atoms with Gasteiger partial charge in [-0.2, -0.15) is 0 Å². The molecule has 0 aliphatic rings. The average Bonchev–Trinajstić information content (AvgIpc) is 2.86. The Morgan fingerprint density at radius 3 is 2.00 bits per heavy atom. The van der Waals surface area contributed by atoms with Gasteiger partial charge in [0.1, 0.15) is 11.5 Å². The van der Waals surface area contributed by atoms with Crippen LogP contribution in [-0.2, 0) is 4.79 Å². The fourth-order valence-electron chi connectivity index (χ4n) is 3.27. The first kappa shape index (κ1) is 24.3. The maximum absolute atomic E-state index is 12.4. The molecule has 176 valence electrons. The number of nitrogens with one attached hydrogen (secondary N) is 1. The molecule has 3 aromatic rings. The maximum atomic E-state index is 12.4. The van der Waals surface area contributed by atoms with Crippen molar-refractivity contribution in [2.45, 2.75) is 0 Å². The molecule has 0 spiro atoms. The minimum absolute atomic E-state index is 0.104. The highest BCUT2D eigenvalue weighted by Gasteiger charge is 2.12. The Balaban J connectivity index is 1.77. The Labute approximate surface area is 198 Å². The molecule has 0 bridgehead atoms. The second kappa shape index (κ2) is 11.5. The van der Waals surface area contributed by atoms with E-state index in [1.165, 1.54) is 13.2 Å². The smallest absolute Gasteiger partial charge is 0.248 e. The number of phenols is 1. The van der Waals surface area contributed by atoms with Gasteiger partial charge in [0.2, 0.25) is 11.7 Å². The van der Waals surface area contributed by atoms with Crippen LogP contribution in [0.15, 0.2) is 60.7 Å². The van der Waals surface area contributed by atoms with E-state index in [0.29, 0.717) is 34.2 Å². The number of para-hydroxylation sites is 1. The number of methoxy groups -OCH3 is 4. The second-order valence-corrected chi connectivity index (χ2v) is 7.13. The Bertz CT molecular complexity index is 1190. The predicted octanol–water partition coefficient (Wildman–Crippen LogP) is 5.25. The Hall–Kier alpha value is -4.39. The zero-order valence-electron chi connectivity index (χ0n) is 19.5. The Kier molecular flexibility index (Phi) is 8.18. The summed E-state index contributed by atoms with van der Waals surface area (Å²) in [6.07, 6.45) is 6.72. The number of amides is 1. The number of carbonyl (C=O) groups is 1. The minimum atomic E-state index is -0.345. The van der Waals surface area contributed by atoms with Crippen LogP contribution < -0.4 is 24.3 Å². The largest absolute Gasteiger partial charge is 0.507 e. The molecule has 0 saturated carbocycles. The van der Waals surface area contributed by atoms with E-state index in [-0.39, 0.29) is 11.7 Å². The van der Waals surface area contributed by atoms with E-state index in [2.05, 4.69) is 5.32 Å². The lowest BCUT2D eigenvalue weighted by molar-refractivity contribution is -0.111. The monoisotopic (exact) mass is 461 g/mol. The number of aromatic hydroxyl groups is 1. The van der Waals surface area contributed by atoms with E-state index in [1.807, 2.05) is 36.4 Å². The number of hydrogen-bond acceptors (Lipinski definition) is 6. The van der Waals surface area contributed by atoms with E-state index < -0.39 is 0 Å². The van der Waals surface area contributed by atoms with Crippen molar-refractivity contribution in [3.05, 3.63) is 77.4 Å². The molecule has 0 radical (unpaired) electrons. The molecule has 3 rings (SSSR count). The summed E-state index contributed by atoms with van der Waals surface area (Å²) >= 11 is 0. The Morgan fingerprint density at radius 1 is 0.765 bits per heavy atom. The predicted molar refractivity (Wildman–Crippen MR) is 134 cm³/mol. The van der Waals surface area contributed by atoms with Crippen LogP contribution in [-0.4, -0.2) is 39.5 Å². The summed E-state index contributed by atoms with van der Waals surface area (Å²) in [5.74, 6) is 1.93. The standard InChI is InChI=1S/C27H27NO6/c1-31-23-15-18(9-10-19-16-24(32-2)27(34-4)25(17-19)33-3)11-13-21(23)28-26(30)14-12-20-7-5-6-8-22(20)29/h5-17,29H,1-4H3,(H,28,30)/b10-9?,14-12+. The van der Waals surface area contributed by atoms with Crippen molar-refractivity contribution in [3.8, 4) is 28.7 Å². The minimum Gasteiger partial charge on any atom is -0.507 e. The molecule has 1 amide bonds. The first-order valence-electron chi connectivity index (χ1n) is 10.4. The normalized spacial score (nSPS) is 10.9. The molecule has 0 aliphatic carbocycles. The molecule has 0 saturated heterocycles. The molecule has 0 heterocycles. The third-order valence-corrected chi connectivity index (χ3v) is 4.99. The molecular weight excluding hydrogens is 434 g/mol. The van der Waals surface area contributed by atoms with Gasteiger partial charge in [0, 0.05) is 11.6 Å². The van der Waals surface area contributed by atoms with E-state index in [0.717, 1.165) is 11.1 Å². The van der Waals surface area contributed by atoms with E-state index >= 15 is 0 Å². The lowest BCUT2D eigenvalue weighted by Crippen LogP contribution is -2.09. The summed E-state index contributed by atoms with van der Waals surface area (Å²) in [7, 11) is 6.24. The third-order valence-electron chi connectivity index (χ3n) is 4.99. The van der Waals surface area contributed by atoms with Gasteiger partial charge < -0.3 is 29.4 Å². The van der Waals surface area contributed by atoms with Crippen LogP contribution in [0.5, 0.6) is 28.7 Å². The van der Waals surface area contributed by atoms with Crippen molar-refractivity contribution in [2.24, 2.45) is 0 Å². The number of rotatable bonds is 9. The highest BCUT2D eigenvalue weighted by Crippen LogP contribution is 2.38. The summed E-state index contributed by atoms with van der Waals surface area (Å²) in [4.78, 5) is 12.4. The van der Waals surface area contributed by atoms with Gasteiger partial charge in [-0.1, -0.05) is 36.4 Å². The summed E-state index contributed by atoms with van der Waals surface area (Å²) in [5.41, 5.74) is 2.81. The number of anilines is 1. The van der Waals surface area contributed by atoms with Gasteiger partial charge >= 0.3 is 0 Å². The number of hydrogen-bond donors (Lipinski definition) is 2. The van der Waals surface area contributed by atoms with Gasteiger partial charge in [-0.25, -0.2) is 0 Å². The number of carbonyl (C=O) groups excluding carboxylic acids is 1. The van der Waals surface area contributed by atoms with E-state index in [9.17, 15) is 9.90 Å². The Morgan fingerprint density at radius 2 is 1.38 bits per heavy atom. The van der Waals surface area contributed by atoms with Crippen LogP contribution in [0.3, 0.4) is 0 Å². The van der Waals surface area contributed by atoms with Crippen molar-refractivity contribution in [1.29, 1.82) is 0 Å². The highest BCUT2D eigenvalue weighted by atomic mass is 16.5. The molecule has 0 atom stereocenters. The second-order valence-electron chi connectivity index (χ2n) is 7.13. The van der Waals surface area contributed by atoms with Crippen molar-refractivity contribution >= 4 is 29.8 Å². The van der Waals surface area contributed by atoms with Crippen molar-refractivity contribution < 1.29 is 28.8 Å². The topological polar surface area (TPSA) is 86.3 Å². The zero-order chi connectivity index (χ0) is 24.5. The summed E-state index contributed by atoms with van der Waals surface area (Å²) in [5, 5.41) is 12.6. The first-order chi connectivity index (χ1) is 16.5. The molecule has 7 nitrogen and oxygen atoms in total. The van der Waals surface area contributed by atoms with Crippen LogP contribution in [0.4, 0.5) is 5.69 Å². The summed E-state index contributed by atoms with van der Waals surface area (Å²) in [6, 6.07) is 15.9. The van der Waals surface area contributed by atoms with Crippen molar-refractivity contribution in [2.75, 3.05) is 33.8 Å². The molecule has 0 aromatic heterocycles. The fraction of sp³-hybridized carbons (Fsp3) is 0.148. The zero-order valence-corrected chi connectivity index (χ0v) is 19.5. The first-order valence-corrected chi connectivity index (χ1v) is 10.4. The molecule has 0 fully saturated rings. The van der Waals surface area contributed by atoms with Gasteiger partial charge in [-0.05, 0) is 47.5 Å². The van der Waals surface area contributed by atoms with Crippen LogP contribution in [0, 0.1) is 0 Å². The highest BCUT2D eigenvalue weighted by molar-refractivity contribution is 6.03. The molecule has 0 aliphatic heterocycles. The number of phenolic OH excluding ortho intramolecular Hbond substituents is 1. The van der Waals surface area contributed by atoms with Crippen molar-refractivity contribution in [3.63, 3.8) is 0 Å². The summed E-state index contributed by atoms with van der Waals surface area (Å²) in [6.45, 7) is 0.